The third-order valence-corrected chi connectivity index (χ3v) is 3.44. The molecular weight excluding hydrogens is 313 g/mol. The number of fused-ring (bicyclic) bond motifs is 1. The molecule has 1 aliphatic rings. The van der Waals surface area contributed by atoms with Crippen molar-refractivity contribution in [2.75, 3.05) is 19.7 Å². The molecule has 1 saturated heterocycles. The summed E-state index contributed by atoms with van der Waals surface area (Å²) in [4.78, 5) is 17.8. The van der Waals surface area contributed by atoms with Crippen molar-refractivity contribution < 1.29 is 27.8 Å². The van der Waals surface area contributed by atoms with Gasteiger partial charge in [0.1, 0.15) is 11.4 Å². The number of hydrogen-bond donors (Lipinski definition) is 1. The summed E-state index contributed by atoms with van der Waals surface area (Å²) in [5, 5.41) is 9.65. The summed E-state index contributed by atoms with van der Waals surface area (Å²) in [6, 6.07) is 7.70. The van der Waals surface area contributed by atoms with E-state index in [2.05, 4.69) is 4.98 Å². The number of carbonyl (C=O) groups is 1. The van der Waals surface area contributed by atoms with Gasteiger partial charge in [0.05, 0.1) is 11.6 Å². The monoisotopic (exact) mass is 326 g/mol. The van der Waals surface area contributed by atoms with E-state index in [1.165, 1.54) is 11.0 Å². The number of halogens is 3. The van der Waals surface area contributed by atoms with Gasteiger partial charge in [-0.15, -0.1) is 0 Å². The topological polar surface area (TPSA) is 62.7 Å². The lowest BCUT2D eigenvalue weighted by Crippen LogP contribution is -2.53. The van der Waals surface area contributed by atoms with Gasteiger partial charge in [0.15, 0.2) is 6.61 Å². The van der Waals surface area contributed by atoms with Gasteiger partial charge in [-0.1, -0.05) is 12.1 Å². The van der Waals surface area contributed by atoms with Crippen LogP contribution < -0.4 is 4.74 Å². The fraction of sp³-hybridized carbons (Fsp3) is 0.333. The van der Waals surface area contributed by atoms with Gasteiger partial charge in [0, 0.05) is 24.5 Å². The van der Waals surface area contributed by atoms with Crippen molar-refractivity contribution in [1.29, 1.82) is 0 Å². The highest BCUT2D eigenvalue weighted by molar-refractivity contribution is 5.97. The molecule has 2 aromatic rings. The highest BCUT2D eigenvalue weighted by atomic mass is 19.4. The first-order valence-corrected chi connectivity index (χ1v) is 6.90. The minimum Gasteiger partial charge on any atom is -0.483 e. The summed E-state index contributed by atoms with van der Waals surface area (Å²) in [5.41, 5.74) is 0.365. The predicted molar refractivity (Wildman–Crippen MR) is 75.2 cm³/mol. The van der Waals surface area contributed by atoms with E-state index in [1.54, 1.807) is 24.3 Å². The quantitative estimate of drug-likeness (QED) is 0.937. The van der Waals surface area contributed by atoms with E-state index < -0.39 is 24.8 Å². The molecule has 1 amide bonds. The van der Waals surface area contributed by atoms with Crippen molar-refractivity contribution in [3.8, 4) is 5.75 Å². The second-order valence-electron chi connectivity index (χ2n) is 5.29. The highest BCUT2D eigenvalue weighted by Gasteiger charge is 2.32. The molecule has 2 heterocycles. The molecule has 8 heteroatoms. The largest absolute Gasteiger partial charge is 0.483 e. The summed E-state index contributed by atoms with van der Waals surface area (Å²) in [7, 11) is 0. The third-order valence-electron chi connectivity index (χ3n) is 3.44. The fourth-order valence-corrected chi connectivity index (χ4v) is 2.32. The lowest BCUT2D eigenvalue weighted by molar-refractivity contribution is -0.153. The molecule has 1 aliphatic heterocycles. The van der Waals surface area contributed by atoms with Crippen LogP contribution in [-0.4, -0.2) is 52.9 Å². The van der Waals surface area contributed by atoms with E-state index in [-0.39, 0.29) is 24.5 Å². The van der Waals surface area contributed by atoms with Crippen LogP contribution in [0.2, 0.25) is 0 Å². The molecule has 1 aromatic heterocycles. The minimum absolute atomic E-state index is 0.00669. The zero-order valence-corrected chi connectivity index (χ0v) is 11.9. The Hall–Kier alpha value is -2.35. The molecule has 23 heavy (non-hydrogen) atoms. The average molecular weight is 326 g/mol. The number of β-amino-alcohol motifs (C(OH)–C–C–N with tert-alkyl or cyclic N) is 1. The van der Waals surface area contributed by atoms with E-state index in [9.17, 15) is 23.1 Å². The normalized spacial score (nSPS) is 15.6. The van der Waals surface area contributed by atoms with Crippen molar-refractivity contribution in [2.45, 2.75) is 12.3 Å². The molecule has 0 bridgehead atoms. The molecule has 122 valence electrons. The lowest BCUT2D eigenvalue weighted by Gasteiger charge is -2.35. The maximum Gasteiger partial charge on any atom is 0.422 e. The van der Waals surface area contributed by atoms with Crippen molar-refractivity contribution in [1.82, 2.24) is 9.88 Å². The second kappa shape index (κ2) is 5.69. The Kier molecular flexibility index (Phi) is 3.85. The van der Waals surface area contributed by atoms with Gasteiger partial charge in [0.25, 0.3) is 5.91 Å². The van der Waals surface area contributed by atoms with Crippen LogP contribution >= 0.6 is 0 Å². The number of pyridine rings is 1. The Bertz CT molecular complexity index is 742. The van der Waals surface area contributed by atoms with Gasteiger partial charge < -0.3 is 14.7 Å². The first-order valence-electron chi connectivity index (χ1n) is 6.90. The van der Waals surface area contributed by atoms with Gasteiger partial charge in [-0.25, -0.2) is 4.98 Å². The number of hydrogen-bond acceptors (Lipinski definition) is 4. The Morgan fingerprint density at radius 3 is 2.70 bits per heavy atom. The minimum atomic E-state index is -4.48. The van der Waals surface area contributed by atoms with Crippen LogP contribution in [0.15, 0.2) is 30.3 Å². The number of para-hydroxylation sites is 1. The predicted octanol–water partition coefficient (Wildman–Crippen LogP) is 1.99. The molecule has 0 atom stereocenters. The molecule has 0 spiro atoms. The third kappa shape index (κ3) is 3.37. The number of rotatable bonds is 3. The number of aromatic nitrogens is 1. The molecule has 5 nitrogen and oxygen atoms in total. The number of ether oxygens (including phenoxy) is 1. The van der Waals surface area contributed by atoms with Crippen molar-refractivity contribution in [2.24, 2.45) is 0 Å². The fourth-order valence-electron chi connectivity index (χ4n) is 2.32. The van der Waals surface area contributed by atoms with Crippen LogP contribution in [-0.2, 0) is 0 Å². The van der Waals surface area contributed by atoms with E-state index in [1.807, 2.05) is 0 Å². The standard InChI is InChI=1S/C15H13F3N2O3/c16-15(17,18)8-23-13-5-12(14(22)20-6-9(21)7-20)19-11-4-2-1-3-10(11)13/h1-5,9,21H,6-8H2. The number of nitrogens with zero attached hydrogens (tertiary/aromatic N) is 2. The number of likely N-dealkylation sites (tertiary alicyclic amines) is 1. The number of benzene rings is 1. The summed E-state index contributed by atoms with van der Waals surface area (Å²) >= 11 is 0. The Morgan fingerprint density at radius 2 is 2.04 bits per heavy atom. The maximum atomic E-state index is 12.4. The first kappa shape index (κ1) is 15.5. The molecule has 1 N–H and O–H groups in total. The molecule has 1 fully saturated rings. The van der Waals surface area contributed by atoms with Crippen LogP contribution in [0.1, 0.15) is 10.5 Å². The zero-order valence-electron chi connectivity index (χ0n) is 11.9. The van der Waals surface area contributed by atoms with E-state index in [4.69, 9.17) is 4.74 Å². The van der Waals surface area contributed by atoms with E-state index >= 15 is 0 Å². The van der Waals surface area contributed by atoms with E-state index in [0.29, 0.717) is 10.9 Å². The van der Waals surface area contributed by atoms with Crippen molar-refractivity contribution in [3.05, 3.63) is 36.0 Å². The van der Waals surface area contributed by atoms with Gasteiger partial charge in [-0.2, -0.15) is 13.2 Å². The van der Waals surface area contributed by atoms with Crippen molar-refractivity contribution >= 4 is 16.8 Å². The Labute approximate surface area is 129 Å². The summed E-state index contributed by atoms with van der Waals surface area (Å²) in [6.45, 7) is -1.07. The van der Waals surface area contributed by atoms with Crippen LogP contribution in [0.25, 0.3) is 10.9 Å². The van der Waals surface area contributed by atoms with Crippen LogP contribution in [0, 0.1) is 0 Å². The molecular formula is C15H13F3N2O3. The van der Waals surface area contributed by atoms with Crippen LogP contribution in [0.3, 0.4) is 0 Å². The Morgan fingerprint density at radius 1 is 1.35 bits per heavy atom. The maximum absolute atomic E-state index is 12.4. The van der Waals surface area contributed by atoms with Crippen molar-refractivity contribution in [3.63, 3.8) is 0 Å². The summed E-state index contributed by atoms with van der Waals surface area (Å²) < 4.78 is 42.0. The van der Waals surface area contributed by atoms with Crippen LogP contribution in [0.5, 0.6) is 5.75 Å². The first-order chi connectivity index (χ1) is 10.8. The SMILES string of the molecule is O=C(c1cc(OCC(F)(F)F)c2ccccc2n1)N1CC(O)C1. The molecule has 0 aliphatic carbocycles. The number of amides is 1. The number of aliphatic hydroxyl groups excluding tert-OH is 1. The van der Waals surface area contributed by atoms with Gasteiger partial charge in [-0.05, 0) is 12.1 Å². The van der Waals surface area contributed by atoms with Gasteiger partial charge in [-0.3, -0.25) is 4.79 Å². The van der Waals surface area contributed by atoms with Crippen LogP contribution in [0.4, 0.5) is 13.2 Å². The summed E-state index contributed by atoms with van der Waals surface area (Å²) in [6.07, 6.45) is -5.05. The number of aliphatic hydroxyl groups is 1. The summed E-state index contributed by atoms with van der Waals surface area (Å²) in [5.74, 6) is -0.491. The van der Waals surface area contributed by atoms with Gasteiger partial charge >= 0.3 is 6.18 Å². The highest BCUT2D eigenvalue weighted by Crippen LogP contribution is 2.28. The zero-order chi connectivity index (χ0) is 16.6. The smallest absolute Gasteiger partial charge is 0.422 e. The molecule has 0 radical (unpaired) electrons. The van der Waals surface area contributed by atoms with Gasteiger partial charge in [0.2, 0.25) is 0 Å². The molecule has 1 aromatic carbocycles. The Balaban J connectivity index is 1.94. The number of carbonyl (C=O) groups excluding carboxylic acids is 1. The van der Waals surface area contributed by atoms with E-state index in [0.717, 1.165) is 0 Å². The average Bonchev–Trinajstić information content (AvgIpc) is 2.47. The molecule has 0 saturated carbocycles. The molecule has 3 rings (SSSR count). The second-order valence-corrected chi connectivity index (χ2v) is 5.29. The number of alkyl halides is 3. The molecule has 0 unspecified atom stereocenters. The lowest BCUT2D eigenvalue weighted by atomic mass is 10.1.